The molecule has 0 spiro atoms. The summed E-state index contributed by atoms with van der Waals surface area (Å²) in [5.74, 6) is 0.731. The minimum Gasteiger partial charge on any atom is -0.419 e. The fraction of sp³-hybridized carbons (Fsp3) is 0.222. The fourth-order valence-corrected chi connectivity index (χ4v) is 3.53. The summed E-state index contributed by atoms with van der Waals surface area (Å²) in [6.45, 7) is 3.99. The molecule has 0 aliphatic carbocycles. The molecule has 0 aliphatic heterocycles. The number of nitrogens with one attached hydrogen (secondary N) is 1. The van der Waals surface area contributed by atoms with Gasteiger partial charge < -0.3 is 4.42 Å². The van der Waals surface area contributed by atoms with Crippen molar-refractivity contribution in [3.8, 4) is 11.5 Å². The number of sulfonamides is 1. The minimum atomic E-state index is -3.67. The van der Waals surface area contributed by atoms with E-state index in [4.69, 9.17) is 16.0 Å². The van der Waals surface area contributed by atoms with Crippen molar-refractivity contribution < 1.29 is 12.8 Å². The zero-order valence-corrected chi connectivity index (χ0v) is 15.9. The topological polar surface area (TPSA) is 85.1 Å². The average Bonchev–Trinajstić information content (AvgIpc) is 3.09. The molecule has 1 heterocycles. The van der Waals surface area contributed by atoms with Crippen molar-refractivity contribution in [1.29, 1.82) is 0 Å². The molecule has 1 aromatic heterocycles. The third-order valence-corrected chi connectivity index (χ3v) is 5.59. The molecule has 3 aromatic rings. The normalized spacial score (nSPS) is 11.8. The number of aromatic nitrogens is 2. The van der Waals surface area contributed by atoms with Gasteiger partial charge in [0.05, 0.1) is 22.0 Å². The molecule has 0 aliphatic rings. The number of hydrogen-bond acceptors (Lipinski definition) is 5. The van der Waals surface area contributed by atoms with Crippen LogP contribution in [0.2, 0.25) is 5.02 Å². The second-order valence-electron chi connectivity index (χ2n) is 6.03. The van der Waals surface area contributed by atoms with E-state index in [1.165, 1.54) is 0 Å². The zero-order chi connectivity index (χ0) is 18.7. The monoisotopic (exact) mass is 391 g/mol. The highest BCUT2D eigenvalue weighted by atomic mass is 35.5. The highest BCUT2D eigenvalue weighted by molar-refractivity contribution is 7.89. The van der Waals surface area contributed by atoms with Crippen LogP contribution in [0.15, 0.2) is 57.8 Å². The first-order valence-corrected chi connectivity index (χ1v) is 9.90. The number of benzene rings is 2. The Labute approximate surface area is 157 Å². The van der Waals surface area contributed by atoms with E-state index >= 15 is 0 Å². The maximum Gasteiger partial charge on any atom is 0.249 e. The molecule has 0 amide bonds. The number of rotatable bonds is 6. The summed E-state index contributed by atoms with van der Waals surface area (Å²) in [5, 5.41) is 8.26. The smallest absolute Gasteiger partial charge is 0.249 e. The average molecular weight is 392 g/mol. The van der Waals surface area contributed by atoms with Crippen molar-refractivity contribution in [2.45, 2.75) is 31.2 Å². The van der Waals surface area contributed by atoms with Gasteiger partial charge in [-0.05, 0) is 35.7 Å². The van der Waals surface area contributed by atoms with Gasteiger partial charge in [0, 0.05) is 0 Å². The lowest BCUT2D eigenvalue weighted by Crippen LogP contribution is -2.23. The van der Waals surface area contributed by atoms with Crippen molar-refractivity contribution in [2.24, 2.45) is 0 Å². The predicted molar refractivity (Wildman–Crippen MR) is 99.3 cm³/mol. The molecule has 6 nitrogen and oxygen atoms in total. The maximum absolute atomic E-state index is 12.4. The van der Waals surface area contributed by atoms with Crippen LogP contribution in [-0.2, 0) is 16.6 Å². The quantitative estimate of drug-likeness (QED) is 0.686. The Morgan fingerprint density at radius 2 is 1.77 bits per heavy atom. The Balaban J connectivity index is 1.71. The van der Waals surface area contributed by atoms with Crippen LogP contribution < -0.4 is 4.72 Å². The van der Waals surface area contributed by atoms with Gasteiger partial charge in [-0.1, -0.05) is 49.7 Å². The largest absolute Gasteiger partial charge is 0.419 e. The summed E-state index contributed by atoms with van der Waals surface area (Å²) in [5.41, 5.74) is 1.67. The first kappa shape index (κ1) is 18.6. The Morgan fingerprint density at radius 1 is 1.08 bits per heavy atom. The standard InChI is InChI=1S/C18H18ClN3O3S/c1-12(2)13-7-9-14(10-8-13)26(23,24)20-11-17-21-22-18(25-17)15-5-3-4-6-16(15)19/h3-10,12,20H,11H2,1-2H3. The Hall–Kier alpha value is -2.22. The van der Waals surface area contributed by atoms with Crippen molar-refractivity contribution >= 4 is 21.6 Å². The Morgan fingerprint density at radius 3 is 2.42 bits per heavy atom. The second kappa shape index (κ2) is 7.57. The molecule has 8 heteroatoms. The second-order valence-corrected chi connectivity index (χ2v) is 8.20. The molecule has 26 heavy (non-hydrogen) atoms. The number of hydrogen-bond donors (Lipinski definition) is 1. The van der Waals surface area contributed by atoms with E-state index in [2.05, 4.69) is 14.9 Å². The molecule has 2 aromatic carbocycles. The van der Waals surface area contributed by atoms with Crippen molar-refractivity contribution in [3.63, 3.8) is 0 Å². The predicted octanol–water partition coefficient (Wildman–Crippen LogP) is 3.99. The minimum absolute atomic E-state index is 0.105. The van der Waals surface area contributed by atoms with Crippen LogP contribution in [0.5, 0.6) is 0 Å². The van der Waals surface area contributed by atoms with E-state index in [9.17, 15) is 8.42 Å². The Bertz CT molecular complexity index is 999. The summed E-state index contributed by atoms with van der Waals surface area (Å²) in [6, 6.07) is 13.8. The van der Waals surface area contributed by atoms with Crippen LogP contribution in [0.1, 0.15) is 31.2 Å². The third-order valence-electron chi connectivity index (χ3n) is 3.84. The molecule has 1 N–H and O–H groups in total. The van der Waals surface area contributed by atoms with E-state index in [1.807, 2.05) is 13.8 Å². The van der Waals surface area contributed by atoms with Gasteiger partial charge in [-0.25, -0.2) is 13.1 Å². The van der Waals surface area contributed by atoms with Gasteiger partial charge in [-0.15, -0.1) is 10.2 Å². The third kappa shape index (κ3) is 4.12. The Kier molecular flexibility index (Phi) is 5.41. The summed E-state index contributed by atoms with van der Waals surface area (Å²) < 4.78 is 32.8. The van der Waals surface area contributed by atoms with Gasteiger partial charge in [-0.3, -0.25) is 0 Å². The van der Waals surface area contributed by atoms with E-state index in [0.717, 1.165) is 5.56 Å². The molecule has 0 radical (unpaired) electrons. The molecular formula is C18H18ClN3O3S. The first-order valence-electron chi connectivity index (χ1n) is 8.04. The van der Waals surface area contributed by atoms with Crippen LogP contribution in [0.4, 0.5) is 0 Å². The van der Waals surface area contributed by atoms with E-state index in [-0.39, 0.29) is 23.2 Å². The molecule has 0 bridgehead atoms. The van der Waals surface area contributed by atoms with Gasteiger partial charge in [0.1, 0.15) is 0 Å². The van der Waals surface area contributed by atoms with Gasteiger partial charge in [-0.2, -0.15) is 0 Å². The van der Waals surface area contributed by atoms with Crippen LogP contribution in [0.3, 0.4) is 0 Å². The highest BCUT2D eigenvalue weighted by Crippen LogP contribution is 2.26. The van der Waals surface area contributed by atoms with Gasteiger partial charge in [0.15, 0.2) is 0 Å². The zero-order valence-electron chi connectivity index (χ0n) is 14.3. The van der Waals surface area contributed by atoms with E-state index in [0.29, 0.717) is 16.5 Å². The summed E-state index contributed by atoms with van der Waals surface area (Å²) in [7, 11) is -3.67. The number of nitrogens with zero attached hydrogens (tertiary/aromatic N) is 2. The van der Waals surface area contributed by atoms with E-state index < -0.39 is 10.0 Å². The highest BCUT2D eigenvalue weighted by Gasteiger charge is 2.17. The van der Waals surface area contributed by atoms with E-state index in [1.54, 1.807) is 48.5 Å². The van der Waals surface area contributed by atoms with Gasteiger partial charge >= 0.3 is 0 Å². The van der Waals surface area contributed by atoms with Gasteiger partial charge in [0.25, 0.3) is 0 Å². The van der Waals surface area contributed by atoms with Crippen LogP contribution >= 0.6 is 11.6 Å². The van der Waals surface area contributed by atoms with Crippen LogP contribution in [0.25, 0.3) is 11.5 Å². The molecule has 0 fully saturated rings. The lowest BCUT2D eigenvalue weighted by Gasteiger charge is -2.08. The summed E-state index contributed by atoms with van der Waals surface area (Å²) in [6.07, 6.45) is 0. The van der Waals surface area contributed by atoms with Crippen molar-refractivity contribution in [3.05, 3.63) is 65.0 Å². The molecule has 0 atom stereocenters. The first-order chi connectivity index (χ1) is 12.4. The van der Waals surface area contributed by atoms with Crippen molar-refractivity contribution in [2.75, 3.05) is 0 Å². The molecule has 3 rings (SSSR count). The van der Waals surface area contributed by atoms with Crippen molar-refractivity contribution in [1.82, 2.24) is 14.9 Å². The molecule has 0 saturated carbocycles. The van der Waals surface area contributed by atoms with Crippen LogP contribution in [-0.4, -0.2) is 18.6 Å². The SMILES string of the molecule is CC(C)c1ccc(S(=O)(=O)NCc2nnc(-c3ccccc3Cl)o2)cc1. The summed E-state index contributed by atoms with van der Waals surface area (Å²) in [4.78, 5) is 0.188. The summed E-state index contributed by atoms with van der Waals surface area (Å²) >= 11 is 6.09. The fourth-order valence-electron chi connectivity index (χ4n) is 2.34. The molecule has 0 unspecified atom stereocenters. The molecule has 0 saturated heterocycles. The lowest BCUT2D eigenvalue weighted by atomic mass is 10.0. The lowest BCUT2D eigenvalue weighted by molar-refractivity contribution is 0.494. The maximum atomic E-state index is 12.4. The van der Waals surface area contributed by atoms with Gasteiger partial charge in [0.2, 0.25) is 21.8 Å². The molecular weight excluding hydrogens is 374 g/mol. The number of halogens is 1. The van der Waals surface area contributed by atoms with Crippen LogP contribution in [0, 0.1) is 0 Å². The molecule has 136 valence electrons.